The molecule has 1 saturated carbocycles. The number of carbonyl (C=O) groups excluding carboxylic acids is 4. The molecule has 5 aliphatic heterocycles. The Morgan fingerprint density at radius 2 is 1.62 bits per heavy atom. The molecule has 3 fully saturated rings. The second-order valence-corrected chi connectivity index (χ2v) is 19.2. The molecule has 1 aliphatic carbocycles. The predicted octanol–water partition coefficient (Wildman–Crippen LogP) is 7.47. The van der Waals surface area contributed by atoms with Gasteiger partial charge in [-0.15, -0.1) is 0 Å². The fourth-order valence-electron chi connectivity index (χ4n) is 11.8. The number of carbonyl (C=O) groups is 4. The van der Waals surface area contributed by atoms with E-state index >= 15 is 4.39 Å². The van der Waals surface area contributed by atoms with Crippen LogP contribution in [0.2, 0.25) is 0 Å². The number of H-pyrrole nitrogens is 1. The second-order valence-electron chi connectivity index (χ2n) is 19.2. The van der Waals surface area contributed by atoms with Crippen LogP contribution in [0.1, 0.15) is 132 Å². The van der Waals surface area contributed by atoms with Crippen LogP contribution in [0.4, 0.5) is 13.2 Å². The number of hydrogen-bond donors (Lipinski definition) is 3. The summed E-state index contributed by atoms with van der Waals surface area (Å²) in [6.45, 7) is 6.98. The minimum absolute atomic E-state index is 0.00304. The normalized spacial score (nSPS) is 26.0. The third-order valence-corrected chi connectivity index (χ3v) is 15.0. The molecule has 63 heavy (non-hydrogen) atoms. The Kier molecular flexibility index (Phi) is 10.4. The number of aromatic amines is 1. The highest BCUT2D eigenvalue weighted by Crippen LogP contribution is 2.46. The van der Waals surface area contributed by atoms with E-state index in [0.29, 0.717) is 49.3 Å². The van der Waals surface area contributed by atoms with E-state index in [0.717, 1.165) is 89.9 Å². The zero-order valence-electron chi connectivity index (χ0n) is 36.0. The van der Waals surface area contributed by atoms with Gasteiger partial charge in [0.25, 0.3) is 11.8 Å². The third kappa shape index (κ3) is 7.36. The van der Waals surface area contributed by atoms with E-state index in [4.69, 9.17) is 5.41 Å². The molecule has 3 N–H and O–H groups in total. The monoisotopic (exact) mass is 861 g/mol. The number of rotatable bonds is 7. The molecule has 1 unspecified atom stereocenters. The number of hydrogen-bond acceptors (Lipinski definition) is 7. The molecular weight excluding hydrogens is 808 g/mol. The summed E-state index contributed by atoms with van der Waals surface area (Å²) in [5.74, 6) is -4.42. The lowest BCUT2D eigenvalue weighted by Crippen LogP contribution is -2.54. The maximum absolute atomic E-state index is 16.7. The summed E-state index contributed by atoms with van der Waals surface area (Å²) in [5, 5.41) is 12.1. The average molecular weight is 862 g/mol. The molecule has 4 amide bonds. The van der Waals surface area contributed by atoms with Crippen LogP contribution in [0.5, 0.6) is 0 Å². The topological polar surface area (TPSA) is 133 Å². The first kappa shape index (κ1) is 41.7. The first-order valence-corrected chi connectivity index (χ1v) is 22.6. The van der Waals surface area contributed by atoms with E-state index in [2.05, 4.69) is 15.2 Å². The van der Waals surface area contributed by atoms with E-state index in [-0.39, 0.29) is 66.1 Å². The molecule has 3 aromatic carbocycles. The van der Waals surface area contributed by atoms with Crippen molar-refractivity contribution in [2.24, 2.45) is 5.92 Å². The van der Waals surface area contributed by atoms with Gasteiger partial charge in [0.05, 0.1) is 18.2 Å². The highest BCUT2D eigenvalue weighted by molar-refractivity contribution is 6.24. The Morgan fingerprint density at radius 1 is 0.921 bits per heavy atom. The second kappa shape index (κ2) is 15.7. The van der Waals surface area contributed by atoms with Crippen LogP contribution in [-0.2, 0) is 33.9 Å². The highest BCUT2D eigenvalue weighted by Gasteiger charge is 2.45. The van der Waals surface area contributed by atoms with Crippen LogP contribution in [0, 0.1) is 24.1 Å². The average Bonchev–Trinajstić information content (AvgIpc) is 3.91. The van der Waals surface area contributed by atoms with E-state index < -0.39 is 30.5 Å². The molecule has 330 valence electrons. The molecule has 0 spiro atoms. The number of para-hydroxylation sites is 1. The van der Waals surface area contributed by atoms with Crippen molar-refractivity contribution in [3.05, 3.63) is 105 Å². The summed E-state index contributed by atoms with van der Waals surface area (Å²) in [6.07, 6.45) is 5.59. The van der Waals surface area contributed by atoms with Crippen molar-refractivity contribution in [2.75, 3.05) is 19.6 Å². The van der Waals surface area contributed by atoms with Crippen molar-refractivity contribution in [3.8, 4) is 0 Å². The van der Waals surface area contributed by atoms with Gasteiger partial charge in [-0.05, 0) is 123 Å². The standard InChI is InChI=1S/C49H54F3N7O4/c1-26-18-30(22-38(50)42(26)44-43-35(34-6-4-5-7-39(34)54-43)19-27(2)58(44)25-49(3,51)52)28-8-10-29(11-9-28)47(62)56-16-14-33(15-17-56)57-23-31-20-36-37(21-32(31)24-57)48(63)59(45(36)53)40-12-13-41(60)55-46(40)61/h4-7,18,20-22,27-29,33,40,44,53-54H,8-17,19,23-25H2,1-3H3,(H,55,60,61)/t27-,28?,29?,40?,44-/m1/s1. The summed E-state index contributed by atoms with van der Waals surface area (Å²) in [4.78, 5) is 62.5. The fraction of sp³-hybridized carbons (Fsp3) is 0.490. The van der Waals surface area contributed by atoms with Gasteiger partial charge >= 0.3 is 0 Å². The van der Waals surface area contributed by atoms with Gasteiger partial charge in [0, 0.05) is 85.2 Å². The van der Waals surface area contributed by atoms with Crippen LogP contribution in [-0.4, -0.2) is 97.7 Å². The largest absolute Gasteiger partial charge is 0.357 e. The lowest BCUT2D eigenvalue weighted by Gasteiger charge is -2.42. The summed E-state index contributed by atoms with van der Waals surface area (Å²) >= 11 is 0. The van der Waals surface area contributed by atoms with Gasteiger partial charge in [-0.1, -0.05) is 24.3 Å². The Hall–Kier alpha value is -5.34. The third-order valence-electron chi connectivity index (χ3n) is 15.0. The van der Waals surface area contributed by atoms with Crippen LogP contribution >= 0.6 is 0 Å². The lowest BCUT2D eigenvalue weighted by atomic mass is 9.77. The molecule has 10 rings (SSSR count). The fourth-order valence-corrected chi connectivity index (χ4v) is 11.8. The SMILES string of the molecule is Cc1cc(C2CCC(C(=O)N3CCC(N4Cc5cc6c(cc5C4)C(=O)N(C4CCC(=O)NC4=O)C6=N)CC3)CC2)cc(F)c1[C@@H]1c2[nH]c3ccccc3c2C[C@@H](C)N1CC(C)(F)F. The van der Waals surface area contributed by atoms with Gasteiger partial charge < -0.3 is 9.88 Å². The number of nitrogens with zero attached hydrogens (tertiary/aromatic N) is 4. The van der Waals surface area contributed by atoms with E-state index in [1.54, 1.807) is 11.0 Å². The Morgan fingerprint density at radius 3 is 2.30 bits per heavy atom. The number of aromatic nitrogens is 1. The molecule has 3 atom stereocenters. The molecule has 1 aromatic heterocycles. The van der Waals surface area contributed by atoms with Gasteiger partial charge in [-0.2, -0.15) is 0 Å². The number of likely N-dealkylation sites (tertiary alicyclic amines) is 1. The van der Waals surface area contributed by atoms with Gasteiger partial charge in [0.15, 0.2) is 0 Å². The molecule has 4 aromatic rings. The van der Waals surface area contributed by atoms with Crippen molar-refractivity contribution < 1.29 is 32.3 Å². The smallest absolute Gasteiger partial charge is 0.260 e. The number of amidine groups is 1. The maximum Gasteiger partial charge on any atom is 0.260 e. The van der Waals surface area contributed by atoms with Crippen molar-refractivity contribution in [1.29, 1.82) is 5.41 Å². The Labute approximate surface area is 364 Å². The molecule has 0 bridgehead atoms. The number of piperidine rings is 2. The molecule has 2 saturated heterocycles. The minimum atomic E-state index is -2.96. The number of amides is 4. The first-order chi connectivity index (χ1) is 30.1. The quantitative estimate of drug-likeness (QED) is 0.165. The maximum atomic E-state index is 16.7. The number of aryl methyl sites for hydroxylation is 1. The molecule has 6 heterocycles. The van der Waals surface area contributed by atoms with Gasteiger partial charge in [-0.3, -0.25) is 44.6 Å². The van der Waals surface area contributed by atoms with Crippen LogP contribution in [0.15, 0.2) is 48.5 Å². The van der Waals surface area contributed by atoms with Crippen molar-refractivity contribution in [1.82, 2.24) is 29.9 Å². The van der Waals surface area contributed by atoms with Crippen LogP contribution < -0.4 is 5.32 Å². The van der Waals surface area contributed by atoms with Crippen molar-refractivity contribution in [3.63, 3.8) is 0 Å². The molecular formula is C49H54F3N7O4. The highest BCUT2D eigenvalue weighted by atomic mass is 19.3. The van der Waals surface area contributed by atoms with E-state index in [9.17, 15) is 28.0 Å². The predicted molar refractivity (Wildman–Crippen MR) is 231 cm³/mol. The van der Waals surface area contributed by atoms with Gasteiger partial charge in [-0.25, -0.2) is 13.2 Å². The zero-order chi connectivity index (χ0) is 44.1. The van der Waals surface area contributed by atoms with Crippen molar-refractivity contribution >= 4 is 40.4 Å². The number of fused-ring (bicyclic) bond motifs is 5. The Bertz CT molecular complexity index is 2500. The van der Waals surface area contributed by atoms with Crippen molar-refractivity contribution in [2.45, 2.75) is 128 Å². The number of alkyl halides is 2. The Balaban J connectivity index is 0.761. The van der Waals surface area contributed by atoms with E-state index in [1.807, 2.05) is 61.2 Å². The number of nitrogens with one attached hydrogen (secondary N) is 3. The van der Waals surface area contributed by atoms with Crippen LogP contribution in [0.25, 0.3) is 10.9 Å². The molecule has 0 radical (unpaired) electrons. The zero-order valence-corrected chi connectivity index (χ0v) is 36.0. The first-order valence-electron chi connectivity index (χ1n) is 22.6. The van der Waals surface area contributed by atoms with E-state index in [1.165, 1.54) is 4.90 Å². The van der Waals surface area contributed by atoms with Crippen LogP contribution in [0.3, 0.4) is 0 Å². The van der Waals surface area contributed by atoms with Gasteiger partial charge in [0.1, 0.15) is 17.7 Å². The number of benzene rings is 3. The number of imide groups is 1. The molecule has 6 aliphatic rings. The summed E-state index contributed by atoms with van der Waals surface area (Å²) < 4.78 is 46.1. The number of halogens is 3. The lowest BCUT2D eigenvalue weighted by molar-refractivity contribution is -0.138. The summed E-state index contributed by atoms with van der Waals surface area (Å²) in [7, 11) is 0. The molecule has 14 heteroatoms. The summed E-state index contributed by atoms with van der Waals surface area (Å²) in [5.41, 5.74) is 7.88. The minimum Gasteiger partial charge on any atom is -0.357 e. The summed E-state index contributed by atoms with van der Waals surface area (Å²) in [6, 6.07) is 13.9. The molecule has 11 nitrogen and oxygen atoms in total. The van der Waals surface area contributed by atoms with Gasteiger partial charge in [0.2, 0.25) is 17.7 Å².